The summed E-state index contributed by atoms with van der Waals surface area (Å²) in [7, 11) is 3.46. The molecule has 0 fully saturated rings. The number of nitrogens with one attached hydrogen (secondary N) is 1. The summed E-state index contributed by atoms with van der Waals surface area (Å²) in [4.78, 5) is 0. The summed E-state index contributed by atoms with van der Waals surface area (Å²) < 4.78 is 10.5. The van der Waals surface area contributed by atoms with Gasteiger partial charge in [-0.25, -0.2) is 0 Å². The third-order valence-corrected chi connectivity index (χ3v) is 2.13. The molecule has 0 bridgehead atoms. The Labute approximate surface area is 93.4 Å². The minimum atomic E-state index is 0.521. The van der Waals surface area contributed by atoms with E-state index in [9.17, 15) is 0 Å². The van der Waals surface area contributed by atoms with Gasteiger partial charge in [0.1, 0.15) is 5.75 Å². The summed E-state index contributed by atoms with van der Waals surface area (Å²) in [5.74, 6) is 1.90. The van der Waals surface area contributed by atoms with Crippen LogP contribution in [0.25, 0.3) is 11.5 Å². The Morgan fingerprint density at radius 1 is 1.25 bits per heavy atom. The van der Waals surface area contributed by atoms with Crippen molar-refractivity contribution in [2.75, 3.05) is 14.2 Å². The van der Waals surface area contributed by atoms with Crippen molar-refractivity contribution in [3.63, 3.8) is 0 Å². The monoisotopic (exact) mass is 219 g/mol. The van der Waals surface area contributed by atoms with Crippen LogP contribution in [0.2, 0.25) is 0 Å². The third kappa shape index (κ3) is 2.20. The van der Waals surface area contributed by atoms with Gasteiger partial charge in [0, 0.05) is 5.56 Å². The van der Waals surface area contributed by atoms with Crippen LogP contribution in [0, 0.1) is 0 Å². The largest absolute Gasteiger partial charge is 0.497 e. The standard InChI is InChI=1S/C11H13N3O2/c1-12-7-10-13-14-11(16-10)8-3-5-9(15-2)6-4-8/h3-6,12H,7H2,1-2H3. The topological polar surface area (TPSA) is 60.2 Å². The molecule has 1 aromatic heterocycles. The zero-order valence-corrected chi connectivity index (χ0v) is 9.23. The fraction of sp³-hybridized carbons (Fsp3) is 0.273. The van der Waals surface area contributed by atoms with Crippen molar-refractivity contribution in [3.8, 4) is 17.2 Å². The maximum Gasteiger partial charge on any atom is 0.247 e. The van der Waals surface area contributed by atoms with Crippen molar-refractivity contribution in [2.45, 2.75) is 6.54 Å². The fourth-order valence-corrected chi connectivity index (χ4v) is 1.33. The maximum absolute atomic E-state index is 5.46. The van der Waals surface area contributed by atoms with Crippen LogP contribution in [0.3, 0.4) is 0 Å². The molecular weight excluding hydrogens is 206 g/mol. The highest BCUT2D eigenvalue weighted by Crippen LogP contribution is 2.20. The molecule has 0 saturated heterocycles. The number of benzene rings is 1. The molecular formula is C11H13N3O2. The van der Waals surface area contributed by atoms with Crippen LogP contribution in [0.15, 0.2) is 28.7 Å². The van der Waals surface area contributed by atoms with Crippen LogP contribution in [-0.4, -0.2) is 24.4 Å². The smallest absolute Gasteiger partial charge is 0.247 e. The van der Waals surface area contributed by atoms with Gasteiger partial charge in [-0.1, -0.05) is 0 Å². The van der Waals surface area contributed by atoms with Gasteiger partial charge in [0.15, 0.2) is 0 Å². The molecule has 0 saturated carbocycles. The molecule has 5 nitrogen and oxygen atoms in total. The van der Waals surface area contributed by atoms with E-state index in [0.29, 0.717) is 18.3 Å². The Balaban J connectivity index is 2.21. The summed E-state index contributed by atoms with van der Waals surface area (Å²) in [5.41, 5.74) is 0.885. The van der Waals surface area contributed by atoms with Gasteiger partial charge in [-0.2, -0.15) is 0 Å². The number of rotatable bonds is 4. The Bertz CT molecular complexity index is 451. The van der Waals surface area contributed by atoms with E-state index in [1.165, 1.54) is 0 Å². The molecule has 0 aliphatic rings. The Morgan fingerprint density at radius 3 is 2.62 bits per heavy atom. The molecule has 5 heteroatoms. The first-order chi connectivity index (χ1) is 7.83. The van der Waals surface area contributed by atoms with E-state index in [1.54, 1.807) is 7.11 Å². The van der Waals surface area contributed by atoms with Gasteiger partial charge in [0.05, 0.1) is 13.7 Å². The lowest BCUT2D eigenvalue weighted by molar-refractivity contribution is 0.415. The van der Waals surface area contributed by atoms with Gasteiger partial charge in [-0.3, -0.25) is 0 Å². The van der Waals surface area contributed by atoms with Gasteiger partial charge in [-0.05, 0) is 31.3 Å². The number of nitrogens with zero attached hydrogens (tertiary/aromatic N) is 2. The summed E-state index contributed by atoms with van der Waals surface area (Å²) in [5, 5.41) is 10.8. The summed E-state index contributed by atoms with van der Waals surface area (Å²) >= 11 is 0. The molecule has 16 heavy (non-hydrogen) atoms. The third-order valence-electron chi connectivity index (χ3n) is 2.13. The highest BCUT2D eigenvalue weighted by molar-refractivity contribution is 5.53. The Hall–Kier alpha value is -1.88. The summed E-state index contributed by atoms with van der Waals surface area (Å²) in [6, 6.07) is 7.49. The first-order valence-electron chi connectivity index (χ1n) is 4.95. The number of aromatic nitrogens is 2. The summed E-state index contributed by atoms with van der Waals surface area (Å²) in [6.07, 6.45) is 0. The first-order valence-corrected chi connectivity index (χ1v) is 4.95. The summed E-state index contributed by atoms with van der Waals surface area (Å²) in [6.45, 7) is 0.573. The van der Waals surface area contributed by atoms with Crippen LogP contribution in [0.5, 0.6) is 5.75 Å². The highest BCUT2D eigenvalue weighted by atomic mass is 16.5. The highest BCUT2D eigenvalue weighted by Gasteiger charge is 2.07. The second kappa shape index (κ2) is 4.76. The van der Waals surface area contributed by atoms with E-state index in [-0.39, 0.29) is 0 Å². The SMILES string of the molecule is CNCc1nnc(-c2ccc(OC)cc2)o1. The molecule has 0 aliphatic carbocycles. The molecule has 2 rings (SSSR count). The van der Waals surface area contributed by atoms with Crippen molar-refractivity contribution >= 4 is 0 Å². The Morgan fingerprint density at radius 2 is 2.00 bits per heavy atom. The normalized spacial score (nSPS) is 10.4. The zero-order valence-electron chi connectivity index (χ0n) is 9.23. The van der Waals surface area contributed by atoms with Crippen molar-refractivity contribution in [1.82, 2.24) is 15.5 Å². The Kier molecular flexibility index (Phi) is 3.16. The maximum atomic E-state index is 5.46. The van der Waals surface area contributed by atoms with Crippen molar-refractivity contribution in [1.29, 1.82) is 0 Å². The second-order valence-electron chi connectivity index (χ2n) is 3.26. The van der Waals surface area contributed by atoms with E-state index >= 15 is 0 Å². The second-order valence-corrected chi connectivity index (χ2v) is 3.26. The molecule has 0 unspecified atom stereocenters. The molecule has 0 aliphatic heterocycles. The van der Waals surface area contributed by atoms with Gasteiger partial charge in [0.2, 0.25) is 11.8 Å². The van der Waals surface area contributed by atoms with Crippen LogP contribution in [0.1, 0.15) is 5.89 Å². The van der Waals surface area contributed by atoms with Crippen LogP contribution < -0.4 is 10.1 Å². The van der Waals surface area contributed by atoms with Crippen LogP contribution >= 0.6 is 0 Å². The van der Waals surface area contributed by atoms with Gasteiger partial charge in [-0.15, -0.1) is 10.2 Å². The number of ether oxygens (including phenoxy) is 1. The predicted molar refractivity (Wildman–Crippen MR) is 59.0 cm³/mol. The van der Waals surface area contributed by atoms with E-state index in [0.717, 1.165) is 11.3 Å². The molecule has 0 spiro atoms. The van der Waals surface area contributed by atoms with Gasteiger partial charge >= 0.3 is 0 Å². The van der Waals surface area contributed by atoms with Crippen LogP contribution in [0.4, 0.5) is 0 Å². The van der Waals surface area contributed by atoms with E-state index in [2.05, 4.69) is 15.5 Å². The minimum Gasteiger partial charge on any atom is -0.497 e. The van der Waals surface area contributed by atoms with E-state index < -0.39 is 0 Å². The van der Waals surface area contributed by atoms with Gasteiger partial charge < -0.3 is 14.5 Å². The van der Waals surface area contributed by atoms with Crippen molar-refractivity contribution < 1.29 is 9.15 Å². The molecule has 0 radical (unpaired) electrons. The molecule has 1 N–H and O–H groups in total. The molecule has 1 aromatic carbocycles. The lowest BCUT2D eigenvalue weighted by Crippen LogP contribution is -2.04. The number of hydrogen-bond donors (Lipinski definition) is 1. The lowest BCUT2D eigenvalue weighted by atomic mass is 10.2. The van der Waals surface area contributed by atoms with Crippen molar-refractivity contribution in [3.05, 3.63) is 30.2 Å². The number of hydrogen-bond acceptors (Lipinski definition) is 5. The quantitative estimate of drug-likeness (QED) is 0.843. The first kappa shape index (κ1) is 10.6. The molecule has 2 aromatic rings. The number of methoxy groups -OCH3 is 1. The molecule has 1 heterocycles. The zero-order chi connectivity index (χ0) is 11.4. The minimum absolute atomic E-state index is 0.521. The molecule has 84 valence electrons. The lowest BCUT2D eigenvalue weighted by Gasteiger charge is -1.99. The molecule has 0 atom stereocenters. The van der Waals surface area contributed by atoms with Gasteiger partial charge in [0.25, 0.3) is 0 Å². The van der Waals surface area contributed by atoms with Crippen molar-refractivity contribution in [2.24, 2.45) is 0 Å². The van der Waals surface area contributed by atoms with E-state index in [4.69, 9.17) is 9.15 Å². The van der Waals surface area contributed by atoms with Crippen LogP contribution in [-0.2, 0) is 6.54 Å². The van der Waals surface area contributed by atoms with E-state index in [1.807, 2.05) is 31.3 Å². The predicted octanol–water partition coefficient (Wildman–Crippen LogP) is 1.46. The fourth-order valence-electron chi connectivity index (χ4n) is 1.33. The average Bonchev–Trinajstić information content (AvgIpc) is 2.78. The average molecular weight is 219 g/mol. The molecule has 0 amide bonds.